The molecule has 7 heteroatoms. The second kappa shape index (κ2) is 12.9. The van der Waals surface area contributed by atoms with Crippen molar-refractivity contribution in [2.24, 2.45) is 5.92 Å². The molecule has 0 heterocycles. The Morgan fingerprint density at radius 1 is 1.08 bits per heavy atom. The topological polar surface area (TPSA) is 114 Å². The molecule has 0 spiro atoms. The van der Waals surface area contributed by atoms with Crippen LogP contribution in [0.15, 0.2) is 41.5 Å². The number of hydrogen-bond acceptors (Lipinski definition) is 6. The minimum absolute atomic E-state index is 0.0365. The highest BCUT2D eigenvalue weighted by atomic mass is 28.4. The van der Waals surface area contributed by atoms with Crippen molar-refractivity contribution in [3.05, 3.63) is 47.1 Å². The van der Waals surface area contributed by atoms with Crippen LogP contribution in [0.25, 0.3) is 0 Å². The zero-order chi connectivity index (χ0) is 27.7. The van der Waals surface area contributed by atoms with Crippen molar-refractivity contribution in [3.8, 4) is 23.6 Å². The van der Waals surface area contributed by atoms with E-state index in [2.05, 4.69) is 45.1 Å². The zero-order valence-corrected chi connectivity index (χ0v) is 24.1. The van der Waals surface area contributed by atoms with Gasteiger partial charge in [-0.1, -0.05) is 44.1 Å². The monoisotopic (exact) mass is 510 g/mol. The normalized spacial score (nSPS) is 13.4. The molecule has 0 radical (unpaired) electrons. The standard InChI is InChI=1S/C29H42N2O4Si/c1-21(2)11-9-12-22(3)13-10-14-23(17-27(34)25-18-24(32)15-16-26(25)33)29(19-30,20-31)35-36(7,8)28(4,5)6/h11,13,15-16,18,23,32-33H,9-10,12,14,17H2,1-8H3/b22-13+/t23-/m1/s1. The number of phenolic OH excluding ortho intramolecular Hbond substituents is 2. The molecule has 0 aliphatic heterocycles. The smallest absolute Gasteiger partial charge is 0.235 e. The molecule has 0 saturated carbocycles. The average Bonchev–Trinajstić information content (AvgIpc) is 2.77. The van der Waals surface area contributed by atoms with E-state index in [-0.39, 0.29) is 28.5 Å². The van der Waals surface area contributed by atoms with Crippen molar-refractivity contribution in [3.63, 3.8) is 0 Å². The first-order valence-corrected chi connectivity index (χ1v) is 15.4. The number of rotatable bonds is 12. The second-order valence-corrected chi connectivity index (χ2v) is 16.0. The minimum atomic E-state index is -2.55. The Morgan fingerprint density at radius 3 is 2.22 bits per heavy atom. The number of carbonyl (C=O) groups is 1. The van der Waals surface area contributed by atoms with Crippen molar-refractivity contribution >= 4 is 14.1 Å². The first kappa shape index (κ1) is 31.2. The predicted octanol–water partition coefficient (Wildman–Crippen LogP) is 7.57. The molecule has 1 aromatic rings. The highest BCUT2D eigenvalue weighted by Gasteiger charge is 2.50. The van der Waals surface area contributed by atoms with Crippen LogP contribution >= 0.6 is 0 Å². The van der Waals surface area contributed by atoms with E-state index < -0.39 is 25.6 Å². The third kappa shape index (κ3) is 8.66. The van der Waals surface area contributed by atoms with E-state index in [4.69, 9.17) is 4.43 Å². The Hall–Kier alpha value is -2.87. The van der Waals surface area contributed by atoms with Crippen LogP contribution in [0.4, 0.5) is 0 Å². The lowest BCUT2D eigenvalue weighted by Crippen LogP contribution is -2.52. The van der Waals surface area contributed by atoms with Gasteiger partial charge in [-0.25, -0.2) is 0 Å². The SMILES string of the molecule is CC(C)=CCC/C(C)=C/CC[C@H](CC(=O)c1cc(O)ccc1O)C(C#N)(C#N)O[Si](C)(C)C(C)(C)C. The first-order valence-electron chi connectivity index (χ1n) is 12.5. The van der Waals surface area contributed by atoms with E-state index in [9.17, 15) is 25.5 Å². The van der Waals surface area contributed by atoms with Gasteiger partial charge in [0.15, 0.2) is 14.1 Å². The molecule has 0 aliphatic rings. The van der Waals surface area contributed by atoms with Crippen LogP contribution in [-0.2, 0) is 4.43 Å². The van der Waals surface area contributed by atoms with Crippen LogP contribution < -0.4 is 0 Å². The second-order valence-electron chi connectivity index (χ2n) is 11.3. The van der Waals surface area contributed by atoms with Gasteiger partial charge in [0.25, 0.3) is 0 Å². The molecular formula is C29H42N2O4Si. The van der Waals surface area contributed by atoms with Crippen LogP contribution in [0.2, 0.25) is 18.1 Å². The van der Waals surface area contributed by atoms with Gasteiger partial charge in [0.2, 0.25) is 5.60 Å². The lowest BCUT2D eigenvalue weighted by molar-refractivity contribution is 0.0732. The molecule has 1 rings (SSSR count). The number of allylic oxidation sites excluding steroid dienone is 4. The number of benzene rings is 1. The molecule has 0 unspecified atom stereocenters. The number of carbonyl (C=O) groups excluding carboxylic acids is 1. The molecule has 196 valence electrons. The maximum Gasteiger partial charge on any atom is 0.235 e. The van der Waals surface area contributed by atoms with E-state index in [1.54, 1.807) is 0 Å². The van der Waals surface area contributed by atoms with E-state index in [0.29, 0.717) is 12.8 Å². The van der Waals surface area contributed by atoms with Crippen LogP contribution in [0.5, 0.6) is 11.5 Å². The molecule has 1 aromatic carbocycles. The van der Waals surface area contributed by atoms with Gasteiger partial charge in [0.1, 0.15) is 23.6 Å². The summed E-state index contributed by atoms with van der Waals surface area (Å²) >= 11 is 0. The molecule has 0 bridgehead atoms. The summed E-state index contributed by atoms with van der Waals surface area (Å²) in [5.41, 5.74) is 0.625. The number of Topliss-reactive ketones (excluding diaryl/α,β-unsaturated/α-hetero) is 1. The van der Waals surface area contributed by atoms with E-state index in [1.165, 1.54) is 29.3 Å². The lowest BCUT2D eigenvalue weighted by Gasteiger charge is -2.42. The van der Waals surface area contributed by atoms with Gasteiger partial charge in [0, 0.05) is 12.3 Å². The molecule has 0 aliphatic carbocycles. The predicted molar refractivity (Wildman–Crippen MR) is 146 cm³/mol. The van der Waals surface area contributed by atoms with E-state index >= 15 is 0 Å². The van der Waals surface area contributed by atoms with Gasteiger partial charge in [-0.15, -0.1) is 0 Å². The highest BCUT2D eigenvalue weighted by molar-refractivity contribution is 6.74. The molecule has 0 fully saturated rings. The van der Waals surface area contributed by atoms with Gasteiger partial charge < -0.3 is 14.6 Å². The Labute approximate surface area is 218 Å². The van der Waals surface area contributed by atoms with Crippen molar-refractivity contribution in [2.75, 3.05) is 0 Å². The van der Waals surface area contributed by atoms with Crippen molar-refractivity contribution < 1.29 is 19.4 Å². The maximum absolute atomic E-state index is 13.2. The highest BCUT2D eigenvalue weighted by Crippen LogP contribution is 2.42. The summed E-state index contributed by atoms with van der Waals surface area (Å²) in [5.74, 6) is -1.58. The number of phenols is 2. The number of nitriles is 2. The molecule has 0 saturated heterocycles. The van der Waals surface area contributed by atoms with E-state index in [0.717, 1.165) is 12.8 Å². The Morgan fingerprint density at radius 2 is 1.69 bits per heavy atom. The van der Waals surface area contributed by atoms with Crippen molar-refractivity contribution in [2.45, 2.75) is 97.4 Å². The quantitative estimate of drug-likeness (QED) is 0.130. The summed E-state index contributed by atoms with van der Waals surface area (Å²) in [6.45, 7) is 16.2. The van der Waals surface area contributed by atoms with Crippen molar-refractivity contribution in [1.29, 1.82) is 10.5 Å². The molecule has 6 nitrogen and oxygen atoms in total. The third-order valence-electron chi connectivity index (χ3n) is 6.94. The summed E-state index contributed by atoms with van der Waals surface area (Å²) < 4.78 is 6.41. The third-order valence-corrected chi connectivity index (χ3v) is 11.4. The number of aromatic hydroxyl groups is 2. The summed E-state index contributed by atoms with van der Waals surface area (Å²) in [6.07, 6.45) is 6.93. The molecule has 1 atom stereocenters. The van der Waals surface area contributed by atoms with Crippen LogP contribution in [0, 0.1) is 28.6 Å². The Balaban J connectivity index is 3.34. The summed E-state index contributed by atoms with van der Waals surface area (Å²) in [4.78, 5) is 13.2. The lowest BCUT2D eigenvalue weighted by atomic mass is 9.81. The van der Waals surface area contributed by atoms with Crippen LogP contribution in [0.1, 0.15) is 84.0 Å². The number of hydrogen-bond donors (Lipinski definition) is 2. The van der Waals surface area contributed by atoms with Gasteiger partial charge in [0.05, 0.1) is 5.56 Å². The van der Waals surface area contributed by atoms with Gasteiger partial charge in [-0.05, 0) is 82.8 Å². The van der Waals surface area contributed by atoms with Gasteiger partial charge in [-0.2, -0.15) is 10.5 Å². The minimum Gasteiger partial charge on any atom is -0.508 e. The molecule has 2 N–H and O–H groups in total. The average molecular weight is 511 g/mol. The van der Waals surface area contributed by atoms with Crippen molar-refractivity contribution in [1.82, 2.24) is 0 Å². The summed E-state index contributed by atoms with van der Waals surface area (Å²) in [7, 11) is -2.55. The fourth-order valence-electron chi connectivity index (χ4n) is 3.64. The van der Waals surface area contributed by atoms with Gasteiger partial charge in [-0.3, -0.25) is 4.79 Å². The molecule has 36 heavy (non-hydrogen) atoms. The number of ketones is 1. The van der Waals surface area contributed by atoms with Crippen LogP contribution in [0.3, 0.4) is 0 Å². The maximum atomic E-state index is 13.2. The Kier molecular flexibility index (Phi) is 11.2. The molecule has 0 amide bonds. The van der Waals surface area contributed by atoms with E-state index in [1.807, 2.05) is 33.9 Å². The van der Waals surface area contributed by atoms with Crippen LogP contribution in [-0.4, -0.2) is 29.9 Å². The Bertz CT molecular complexity index is 1050. The summed E-state index contributed by atoms with van der Waals surface area (Å²) in [5, 5.41) is 40.3. The molecule has 0 aromatic heterocycles. The fourth-order valence-corrected chi connectivity index (χ4v) is 5.01. The fraction of sp³-hybridized carbons (Fsp3) is 0.552. The molecular weight excluding hydrogens is 468 g/mol. The zero-order valence-electron chi connectivity index (χ0n) is 23.1. The van der Waals surface area contributed by atoms with Gasteiger partial charge >= 0.3 is 0 Å². The number of nitrogens with zero attached hydrogens (tertiary/aromatic N) is 2. The summed E-state index contributed by atoms with van der Waals surface area (Å²) in [6, 6.07) is 7.99. The first-order chi connectivity index (χ1) is 16.6. The largest absolute Gasteiger partial charge is 0.508 e.